The highest BCUT2D eigenvalue weighted by Gasteiger charge is 2.40. The van der Waals surface area contributed by atoms with Crippen LogP contribution in [0.2, 0.25) is 0 Å². The Bertz CT molecular complexity index is 621. The van der Waals surface area contributed by atoms with Crippen molar-refractivity contribution in [1.29, 1.82) is 0 Å². The summed E-state index contributed by atoms with van der Waals surface area (Å²) in [5.41, 5.74) is -0.639. The van der Waals surface area contributed by atoms with Crippen LogP contribution >= 0.6 is 0 Å². The van der Waals surface area contributed by atoms with Crippen molar-refractivity contribution < 1.29 is 23.1 Å². The molecule has 4 nitrogen and oxygen atoms in total. The monoisotopic (exact) mass is 325 g/mol. The summed E-state index contributed by atoms with van der Waals surface area (Å²) in [6.07, 6.45) is 1.03. The first-order chi connectivity index (χ1) is 10.6. The lowest BCUT2D eigenvalue weighted by Crippen LogP contribution is -2.47. The molecular weight excluding hydrogens is 304 g/mol. The molecule has 1 fully saturated rings. The van der Waals surface area contributed by atoms with Crippen LogP contribution in [0.1, 0.15) is 50.9 Å². The quantitative estimate of drug-likeness (QED) is 0.788. The van der Waals surface area contributed by atoms with Crippen molar-refractivity contribution in [2.24, 2.45) is 0 Å². The minimum Gasteiger partial charge on any atom is -0.444 e. The topological polar surface area (TPSA) is 46.6 Å². The number of halogens is 2. The first kappa shape index (κ1) is 17.4. The van der Waals surface area contributed by atoms with Gasteiger partial charge in [-0.2, -0.15) is 0 Å². The van der Waals surface area contributed by atoms with Gasteiger partial charge in [0.15, 0.2) is 17.4 Å². The third kappa shape index (κ3) is 4.27. The van der Waals surface area contributed by atoms with Gasteiger partial charge in [0, 0.05) is 11.6 Å². The van der Waals surface area contributed by atoms with E-state index in [1.54, 1.807) is 27.7 Å². The molecule has 0 spiro atoms. The van der Waals surface area contributed by atoms with Crippen molar-refractivity contribution in [2.75, 3.05) is 0 Å². The van der Waals surface area contributed by atoms with Crippen LogP contribution in [0.5, 0.6) is 0 Å². The highest BCUT2D eigenvalue weighted by molar-refractivity contribution is 6.01. The van der Waals surface area contributed by atoms with Crippen molar-refractivity contribution in [1.82, 2.24) is 4.90 Å². The van der Waals surface area contributed by atoms with Gasteiger partial charge in [-0.05, 0) is 58.7 Å². The molecule has 1 aliphatic carbocycles. The number of rotatable bonds is 4. The van der Waals surface area contributed by atoms with Crippen molar-refractivity contribution in [3.05, 3.63) is 35.4 Å². The van der Waals surface area contributed by atoms with E-state index in [9.17, 15) is 18.4 Å². The van der Waals surface area contributed by atoms with Crippen LogP contribution in [0, 0.1) is 11.6 Å². The van der Waals surface area contributed by atoms with Gasteiger partial charge in [-0.25, -0.2) is 13.6 Å². The Hall–Kier alpha value is -1.98. The lowest BCUT2D eigenvalue weighted by molar-refractivity contribution is 0.0156. The SMILES string of the molecule is CC(C(=O)c1ccc(F)c(F)c1)N(C(=O)OC(C)(C)C)C1CC1. The molecule has 0 aliphatic heterocycles. The summed E-state index contributed by atoms with van der Waals surface area (Å²) in [4.78, 5) is 26.3. The summed E-state index contributed by atoms with van der Waals surface area (Å²) < 4.78 is 31.7. The molecule has 23 heavy (non-hydrogen) atoms. The second-order valence-electron chi connectivity index (χ2n) is 6.79. The molecule has 1 atom stereocenters. The summed E-state index contributed by atoms with van der Waals surface area (Å²) in [7, 11) is 0. The minimum atomic E-state index is -1.08. The number of hydrogen-bond acceptors (Lipinski definition) is 3. The number of amides is 1. The Morgan fingerprint density at radius 3 is 2.30 bits per heavy atom. The number of carbonyl (C=O) groups excluding carboxylic acids is 2. The van der Waals surface area contributed by atoms with E-state index < -0.39 is 35.2 Å². The minimum absolute atomic E-state index is 0.0330. The normalized spacial score (nSPS) is 15.9. The van der Waals surface area contributed by atoms with Gasteiger partial charge in [-0.1, -0.05) is 0 Å². The molecule has 1 aromatic rings. The van der Waals surface area contributed by atoms with Gasteiger partial charge in [-0.15, -0.1) is 0 Å². The van der Waals surface area contributed by atoms with E-state index in [0.29, 0.717) is 0 Å². The lowest BCUT2D eigenvalue weighted by atomic mass is 10.0. The second-order valence-corrected chi connectivity index (χ2v) is 6.79. The van der Waals surface area contributed by atoms with Crippen molar-refractivity contribution in [2.45, 2.75) is 58.2 Å². The molecule has 0 bridgehead atoms. The second kappa shape index (κ2) is 6.26. The molecule has 1 saturated carbocycles. The van der Waals surface area contributed by atoms with Gasteiger partial charge in [0.05, 0.1) is 6.04 Å². The first-order valence-corrected chi connectivity index (χ1v) is 7.61. The van der Waals surface area contributed by atoms with Crippen LogP contribution in [-0.4, -0.2) is 34.5 Å². The summed E-state index contributed by atoms with van der Waals surface area (Å²) in [5.74, 6) is -2.54. The Kier molecular flexibility index (Phi) is 4.73. The van der Waals surface area contributed by atoms with E-state index >= 15 is 0 Å². The maximum atomic E-state index is 13.3. The van der Waals surface area contributed by atoms with Gasteiger partial charge in [0.1, 0.15) is 5.60 Å². The van der Waals surface area contributed by atoms with Gasteiger partial charge in [-0.3, -0.25) is 9.69 Å². The molecule has 126 valence electrons. The average molecular weight is 325 g/mol. The highest BCUT2D eigenvalue weighted by atomic mass is 19.2. The lowest BCUT2D eigenvalue weighted by Gasteiger charge is -2.31. The molecule has 0 heterocycles. The maximum Gasteiger partial charge on any atom is 0.411 e. The molecule has 6 heteroatoms. The van der Waals surface area contributed by atoms with Crippen molar-refractivity contribution in [3.8, 4) is 0 Å². The van der Waals surface area contributed by atoms with E-state index in [1.807, 2.05) is 0 Å². The summed E-state index contributed by atoms with van der Waals surface area (Å²) in [6, 6.07) is 2.13. The van der Waals surface area contributed by atoms with Crippen molar-refractivity contribution in [3.63, 3.8) is 0 Å². The van der Waals surface area contributed by atoms with E-state index in [0.717, 1.165) is 25.0 Å². The zero-order valence-electron chi connectivity index (χ0n) is 13.7. The molecule has 1 aliphatic rings. The smallest absolute Gasteiger partial charge is 0.411 e. The zero-order chi connectivity index (χ0) is 17.4. The molecule has 0 N–H and O–H groups in total. The third-order valence-corrected chi connectivity index (χ3v) is 3.55. The van der Waals surface area contributed by atoms with Crippen LogP contribution in [0.15, 0.2) is 18.2 Å². The molecule has 2 rings (SSSR count). The summed E-state index contributed by atoms with van der Waals surface area (Å²) >= 11 is 0. The molecule has 0 aromatic heterocycles. The predicted molar refractivity (Wildman–Crippen MR) is 81.2 cm³/mol. The first-order valence-electron chi connectivity index (χ1n) is 7.61. The summed E-state index contributed by atoms with van der Waals surface area (Å²) in [6.45, 7) is 6.82. The molecule has 1 amide bonds. The van der Waals surface area contributed by atoms with Crippen LogP contribution in [-0.2, 0) is 4.74 Å². The Morgan fingerprint density at radius 1 is 1.22 bits per heavy atom. The van der Waals surface area contributed by atoms with Gasteiger partial charge >= 0.3 is 6.09 Å². The molecule has 0 radical (unpaired) electrons. The fraction of sp³-hybridized carbons (Fsp3) is 0.529. The number of hydrogen-bond donors (Lipinski definition) is 0. The number of benzene rings is 1. The largest absolute Gasteiger partial charge is 0.444 e. The molecule has 0 saturated heterocycles. The number of carbonyl (C=O) groups is 2. The standard InChI is InChI=1S/C17H21F2NO3/c1-10(15(21)11-5-8-13(18)14(19)9-11)20(12-6-7-12)16(22)23-17(2,3)4/h5,8-10,12H,6-7H2,1-4H3. The van der Waals surface area contributed by atoms with Crippen LogP contribution < -0.4 is 0 Å². The Morgan fingerprint density at radius 2 is 1.83 bits per heavy atom. The average Bonchev–Trinajstić information content (AvgIpc) is 3.23. The Balaban J connectivity index is 2.20. The van der Waals surface area contributed by atoms with Gasteiger partial charge in [0.2, 0.25) is 0 Å². The fourth-order valence-corrected chi connectivity index (χ4v) is 2.31. The number of ether oxygens (including phenoxy) is 1. The van der Waals surface area contributed by atoms with E-state index in [4.69, 9.17) is 4.74 Å². The van der Waals surface area contributed by atoms with Crippen molar-refractivity contribution >= 4 is 11.9 Å². The number of Topliss-reactive ketones (excluding diaryl/α,β-unsaturated/α-hetero) is 1. The fourth-order valence-electron chi connectivity index (χ4n) is 2.31. The van der Waals surface area contributed by atoms with Crippen LogP contribution in [0.25, 0.3) is 0 Å². The molecule has 1 unspecified atom stereocenters. The summed E-state index contributed by atoms with van der Waals surface area (Å²) in [5, 5.41) is 0. The van der Waals surface area contributed by atoms with Crippen LogP contribution in [0.3, 0.4) is 0 Å². The van der Waals surface area contributed by atoms with E-state index in [1.165, 1.54) is 11.0 Å². The molecular formula is C17H21F2NO3. The van der Waals surface area contributed by atoms with E-state index in [2.05, 4.69) is 0 Å². The predicted octanol–water partition coefficient (Wildman–Crippen LogP) is 3.94. The van der Waals surface area contributed by atoms with E-state index in [-0.39, 0.29) is 11.6 Å². The van der Waals surface area contributed by atoms with Crippen LogP contribution in [0.4, 0.5) is 13.6 Å². The highest BCUT2D eigenvalue weighted by Crippen LogP contribution is 2.31. The Labute approximate surface area is 134 Å². The van der Waals surface area contributed by atoms with Gasteiger partial charge < -0.3 is 4.74 Å². The number of ketones is 1. The zero-order valence-corrected chi connectivity index (χ0v) is 13.7. The third-order valence-electron chi connectivity index (χ3n) is 3.55. The molecule has 1 aromatic carbocycles. The maximum absolute atomic E-state index is 13.3. The number of nitrogens with zero attached hydrogens (tertiary/aromatic N) is 1. The van der Waals surface area contributed by atoms with Gasteiger partial charge in [0.25, 0.3) is 0 Å².